The second-order valence-electron chi connectivity index (χ2n) is 5.90. The third-order valence-electron chi connectivity index (χ3n) is 4.23. The lowest BCUT2D eigenvalue weighted by Crippen LogP contribution is -2.31. The molecule has 122 valence electrons. The lowest BCUT2D eigenvalue weighted by Gasteiger charge is -2.15. The number of carboxylic acids is 1. The lowest BCUT2D eigenvalue weighted by atomic mass is 9.99. The molecule has 0 saturated carbocycles. The van der Waals surface area contributed by atoms with Gasteiger partial charge in [-0.25, -0.2) is 4.98 Å². The Kier molecular flexibility index (Phi) is 4.21. The average Bonchev–Trinajstić information content (AvgIpc) is 3.19. The molecule has 7 heteroatoms. The van der Waals surface area contributed by atoms with Crippen LogP contribution in [0.5, 0.6) is 0 Å². The molecule has 2 atom stereocenters. The van der Waals surface area contributed by atoms with Crippen LogP contribution < -0.4 is 0 Å². The molecule has 0 spiro atoms. The average molecular weight is 334 g/mol. The molecule has 3 rings (SSSR count). The minimum absolute atomic E-state index is 0.0310. The van der Waals surface area contributed by atoms with Gasteiger partial charge in [0.25, 0.3) is 0 Å². The molecule has 23 heavy (non-hydrogen) atoms. The highest BCUT2D eigenvalue weighted by Gasteiger charge is 2.37. The van der Waals surface area contributed by atoms with Crippen LogP contribution in [0.1, 0.15) is 18.4 Å². The molecule has 6 nitrogen and oxygen atoms in total. The van der Waals surface area contributed by atoms with E-state index in [-0.39, 0.29) is 24.8 Å². The predicted molar refractivity (Wildman–Crippen MR) is 85.1 cm³/mol. The first-order valence-electron chi connectivity index (χ1n) is 7.46. The van der Waals surface area contributed by atoms with E-state index in [1.54, 1.807) is 11.8 Å². The van der Waals surface area contributed by atoms with E-state index in [4.69, 9.17) is 9.52 Å². The Labute approximate surface area is 137 Å². The number of aryl methyl sites for hydroxylation is 1. The first kappa shape index (κ1) is 15.7. The Morgan fingerprint density at radius 2 is 2.26 bits per heavy atom. The van der Waals surface area contributed by atoms with Gasteiger partial charge in [0.15, 0.2) is 0 Å². The van der Waals surface area contributed by atoms with Gasteiger partial charge in [0.2, 0.25) is 11.8 Å². The summed E-state index contributed by atoms with van der Waals surface area (Å²) in [4.78, 5) is 30.5. The maximum atomic E-state index is 12.4. The third-order valence-corrected chi connectivity index (χ3v) is 5.08. The van der Waals surface area contributed by atoms with Gasteiger partial charge in [-0.15, -0.1) is 11.3 Å². The summed E-state index contributed by atoms with van der Waals surface area (Å²) in [5, 5.41) is 11.1. The molecule has 2 aromatic heterocycles. The van der Waals surface area contributed by atoms with Gasteiger partial charge in [0.05, 0.1) is 22.9 Å². The van der Waals surface area contributed by atoms with Crippen LogP contribution >= 0.6 is 11.3 Å². The minimum Gasteiger partial charge on any atom is -0.481 e. The molecule has 1 fully saturated rings. The second-order valence-corrected chi connectivity index (χ2v) is 6.84. The Morgan fingerprint density at radius 3 is 2.87 bits per heavy atom. The molecule has 0 radical (unpaired) electrons. The molecule has 0 aromatic carbocycles. The summed E-state index contributed by atoms with van der Waals surface area (Å²) in [6, 6.07) is 3.84. The van der Waals surface area contributed by atoms with Gasteiger partial charge in [-0.3, -0.25) is 9.59 Å². The van der Waals surface area contributed by atoms with Gasteiger partial charge in [-0.05, 0) is 24.3 Å². The summed E-state index contributed by atoms with van der Waals surface area (Å²) in [6.45, 7) is 4.40. The van der Waals surface area contributed by atoms with E-state index in [0.717, 1.165) is 4.88 Å². The highest BCUT2D eigenvalue weighted by atomic mass is 32.1. The Morgan fingerprint density at radius 1 is 1.48 bits per heavy atom. The first-order valence-corrected chi connectivity index (χ1v) is 8.34. The predicted octanol–water partition coefficient (Wildman–Crippen LogP) is 2.43. The van der Waals surface area contributed by atoms with Gasteiger partial charge in [0, 0.05) is 13.1 Å². The number of thiophene rings is 1. The highest BCUT2D eigenvalue weighted by molar-refractivity contribution is 7.13. The molecule has 3 heterocycles. The molecular weight excluding hydrogens is 316 g/mol. The molecule has 0 aliphatic carbocycles. The molecule has 1 aliphatic rings. The Hall–Kier alpha value is -2.15. The van der Waals surface area contributed by atoms with Gasteiger partial charge in [0.1, 0.15) is 5.76 Å². The van der Waals surface area contributed by atoms with Gasteiger partial charge in [-0.2, -0.15) is 0 Å². The summed E-state index contributed by atoms with van der Waals surface area (Å²) < 4.78 is 5.64. The zero-order chi connectivity index (χ0) is 16.6. The van der Waals surface area contributed by atoms with E-state index in [0.29, 0.717) is 23.9 Å². The number of amides is 1. The monoisotopic (exact) mass is 334 g/mol. The topological polar surface area (TPSA) is 83.6 Å². The number of aliphatic carboxylic acids is 1. The smallest absolute Gasteiger partial charge is 0.308 e. The molecule has 1 aliphatic heterocycles. The van der Waals surface area contributed by atoms with E-state index in [1.807, 2.05) is 24.4 Å². The van der Waals surface area contributed by atoms with E-state index in [2.05, 4.69) is 4.98 Å². The van der Waals surface area contributed by atoms with Crippen molar-refractivity contribution >= 4 is 23.2 Å². The Balaban J connectivity index is 1.70. The van der Waals surface area contributed by atoms with E-state index in [9.17, 15) is 9.59 Å². The van der Waals surface area contributed by atoms with Crippen LogP contribution in [0.25, 0.3) is 10.8 Å². The zero-order valence-electron chi connectivity index (χ0n) is 13.0. The van der Waals surface area contributed by atoms with Gasteiger partial charge in [-0.1, -0.05) is 13.0 Å². The van der Waals surface area contributed by atoms with Gasteiger partial charge < -0.3 is 14.4 Å². The van der Waals surface area contributed by atoms with Crippen LogP contribution in [0, 0.1) is 18.8 Å². The Bertz CT molecular complexity index is 723. The van der Waals surface area contributed by atoms with Crippen molar-refractivity contribution in [2.24, 2.45) is 11.8 Å². The van der Waals surface area contributed by atoms with E-state index >= 15 is 0 Å². The van der Waals surface area contributed by atoms with Crippen molar-refractivity contribution in [1.82, 2.24) is 9.88 Å². The standard InChI is InChI=1S/C16H18N2O4S/c1-9-7-18(8-11(9)16(20)21)14(19)6-12-10(2)22-15(17-12)13-4-3-5-23-13/h3-5,9,11H,6-8H2,1-2H3,(H,20,21)/t9-,11-/m1/s1. The third kappa shape index (κ3) is 3.14. The van der Waals surface area contributed by atoms with Crippen molar-refractivity contribution in [2.45, 2.75) is 20.3 Å². The fourth-order valence-electron chi connectivity index (χ4n) is 2.84. The van der Waals surface area contributed by atoms with Crippen LogP contribution in [0.15, 0.2) is 21.9 Å². The van der Waals surface area contributed by atoms with E-state index in [1.165, 1.54) is 11.3 Å². The first-order chi connectivity index (χ1) is 11.0. The number of oxazole rings is 1. The second kappa shape index (κ2) is 6.16. The highest BCUT2D eigenvalue weighted by Crippen LogP contribution is 2.27. The quantitative estimate of drug-likeness (QED) is 0.928. The normalized spacial score (nSPS) is 20.9. The van der Waals surface area contributed by atoms with Gasteiger partial charge >= 0.3 is 5.97 Å². The van der Waals surface area contributed by atoms with Crippen LogP contribution in [0.2, 0.25) is 0 Å². The molecule has 1 N–H and O–H groups in total. The molecular formula is C16H18N2O4S. The molecule has 1 amide bonds. The summed E-state index contributed by atoms with van der Waals surface area (Å²) in [7, 11) is 0. The SMILES string of the molecule is Cc1oc(-c2cccs2)nc1CC(=O)N1C[C@@H](C)[C@H](C(=O)O)C1. The van der Waals surface area contributed by atoms with Crippen molar-refractivity contribution in [1.29, 1.82) is 0 Å². The number of carboxylic acid groups (broad SMARTS) is 1. The number of rotatable bonds is 4. The summed E-state index contributed by atoms with van der Waals surface area (Å²) in [6.07, 6.45) is 0.139. The molecule has 0 unspecified atom stereocenters. The minimum atomic E-state index is -0.842. The van der Waals surface area contributed by atoms with Crippen LogP contribution in [0.4, 0.5) is 0 Å². The maximum Gasteiger partial charge on any atom is 0.308 e. The van der Waals surface area contributed by atoms with Crippen molar-refractivity contribution in [2.75, 3.05) is 13.1 Å². The number of aromatic nitrogens is 1. The van der Waals surface area contributed by atoms with Crippen LogP contribution in [-0.4, -0.2) is 40.0 Å². The molecule has 1 saturated heterocycles. The number of nitrogens with zero attached hydrogens (tertiary/aromatic N) is 2. The number of carbonyl (C=O) groups is 2. The zero-order valence-corrected chi connectivity index (χ0v) is 13.8. The number of hydrogen-bond acceptors (Lipinski definition) is 5. The number of hydrogen-bond donors (Lipinski definition) is 1. The van der Waals surface area contributed by atoms with Crippen molar-refractivity contribution in [3.8, 4) is 10.8 Å². The number of likely N-dealkylation sites (tertiary alicyclic amines) is 1. The van der Waals surface area contributed by atoms with Crippen LogP contribution in [0.3, 0.4) is 0 Å². The van der Waals surface area contributed by atoms with Crippen molar-refractivity contribution < 1.29 is 19.1 Å². The lowest BCUT2D eigenvalue weighted by molar-refractivity contribution is -0.142. The summed E-state index contributed by atoms with van der Waals surface area (Å²) in [5.41, 5.74) is 0.616. The maximum absolute atomic E-state index is 12.4. The number of carbonyl (C=O) groups excluding carboxylic acids is 1. The van der Waals surface area contributed by atoms with Crippen molar-refractivity contribution in [3.05, 3.63) is 29.0 Å². The van der Waals surface area contributed by atoms with Crippen molar-refractivity contribution in [3.63, 3.8) is 0 Å². The molecule has 2 aromatic rings. The fourth-order valence-corrected chi connectivity index (χ4v) is 3.49. The fraction of sp³-hybridized carbons (Fsp3) is 0.438. The molecule has 0 bridgehead atoms. The van der Waals surface area contributed by atoms with Crippen LogP contribution in [-0.2, 0) is 16.0 Å². The van der Waals surface area contributed by atoms with E-state index < -0.39 is 11.9 Å². The largest absolute Gasteiger partial charge is 0.481 e. The summed E-state index contributed by atoms with van der Waals surface area (Å²) >= 11 is 1.53. The summed E-state index contributed by atoms with van der Waals surface area (Å²) in [5.74, 6) is -0.307.